The summed E-state index contributed by atoms with van der Waals surface area (Å²) in [7, 11) is 0. The number of halogens is 1. The summed E-state index contributed by atoms with van der Waals surface area (Å²) in [6.45, 7) is 5.05. The summed E-state index contributed by atoms with van der Waals surface area (Å²) in [5, 5.41) is 12.4. The standard InChI is InChI=1S/C18H27FN2O2/c1-2-18(14-22)8-11-21(12-9-18)13-17(23)20-10-7-15-3-5-16(19)6-4-15/h3-6,22H,2,7-14H2,1H3,(H,20,23). The molecule has 4 nitrogen and oxygen atoms in total. The van der Waals surface area contributed by atoms with Crippen molar-refractivity contribution in [1.29, 1.82) is 0 Å². The summed E-state index contributed by atoms with van der Waals surface area (Å²) >= 11 is 0. The number of amides is 1. The summed E-state index contributed by atoms with van der Waals surface area (Å²) < 4.78 is 12.8. The number of hydrogen-bond donors (Lipinski definition) is 2. The number of likely N-dealkylation sites (tertiary alicyclic amines) is 1. The molecule has 1 aromatic carbocycles. The molecule has 1 aromatic rings. The average Bonchev–Trinajstić information content (AvgIpc) is 2.58. The highest BCUT2D eigenvalue weighted by molar-refractivity contribution is 5.78. The van der Waals surface area contributed by atoms with Crippen LogP contribution in [0.3, 0.4) is 0 Å². The number of aliphatic hydroxyl groups excluding tert-OH is 1. The van der Waals surface area contributed by atoms with Gasteiger partial charge in [0.05, 0.1) is 6.54 Å². The van der Waals surface area contributed by atoms with Crippen LogP contribution >= 0.6 is 0 Å². The van der Waals surface area contributed by atoms with Crippen molar-refractivity contribution in [1.82, 2.24) is 10.2 Å². The van der Waals surface area contributed by atoms with E-state index in [4.69, 9.17) is 0 Å². The Morgan fingerprint density at radius 1 is 1.30 bits per heavy atom. The number of benzene rings is 1. The normalized spacial score (nSPS) is 17.9. The third-order valence-corrected chi connectivity index (χ3v) is 5.02. The van der Waals surface area contributed by atoms with Crippen molar-refractivity contribution in [2.24, 2.45) is 5.41 Å². The van der Waals surface area contributed by atoms with Gasteiger partial charge in [-0.1, -0.05) is 19.1 Å². The van der Waals surface area contributed by atoms with Crippen LogP contribution in [0.1, 0.15) is 31.7 Å². The van der Waals surface area contributed by atoms with Crippen molar-refractivity contribution in [2.45, 2.75) is 32.6 Å². The second-order valence-electron chi connectivity index (χ2n) is 6.51. The number of carbonyl (C=O) groups is 1. The molecule has 2 rings (SSSR count). The lowest BCUT2D eigenvalue weighted by Crippen LogP contribution is -2.46. The van der Waals surface area contributed by atoms with Gasteiger partial charge in [-0.2, -0.15) is 0 Å². The van der Waals surface area contributed by atoms with Crippen molar-refractivity contribution in [3.8, 4) is 0 Å². The maximum absolute atomic E-state index is 12.8. The molecule has 128 valence electrons. The van der Waals surface area contributed by atoms with E-state index >= 15 is 0 Å². The molecule has 1 heterocycles. The van der Waals surface area contributed by atoms with Crippen LogP contribution in [0.25, 0.3) is 0 Å². The highest BCUT2D eigenvalue weighted by Crippen LogP contribution is 2.33. The van der Waals surface area contributed by atoms with Gasteiger partial charge >= 0.3 is 0 Å². The molecule has 0 saturated carbocycles. The third-order valence-electron chi connectivity index (χ3n) is 5.02. The van der Waals surface area contributed by atoms with E-state index in [9.17, 15) is 14.3 Å². The minimum atomic E-state index is -0.242. The smallest absolute Gasteiger partial charge is 0.234 e. The van der Waals surface area contributed by atoms with Crippen LogP contribution in [0.5, 0.6) is 0 Å². The molecule has 1 fully saturated rings. The molecule has 0 spiro atoms. The summed E-state index contributed by atoms with van der Waals surface area (Å²) in [5.41, 5.74) is 1.07. The summed E-state index contributed by atoms with van der Waals surface area (Å²) in [4.78, 5) is 14.1. The van der Waals surface area contributed by atoms with Crippen LogP contribution in [-0.2, 0) is 11.2 Å². The molecule has 0 aliphatic carbocycles. The van der Waals surface area contributed by atoms with Gasteiger partial charge in [-0.25, -0.2) is 4.39 Å². The number of piperidine rings is 1. The Bertz CT molecular complexity index is 490. The molecule has 0 radical (unpaired) electrons. The van der Waals surface area contributed by atoms with Crippen molar-refractivity contribution in [3.05, 3.63) is 35.6 Å². The van der Waals surface area contributed by atoms with Crippen LogP contribution < -0.4 is 5.32 Å². The molecule has 0 atom stereocenters. The lowest BCUT2D eigenvalue weighted by atomic mass is 9.77. The first-order valence-electron chi connectivity index (χ1n) is 8.41. The fourth-order valence-electron chi connectivity index (χ4n) is 3.07. The van der Waals surface area contributed by atoms with Crippen LogP contribution in [0, 0.1) is 11.2 Å². The number of aliphatic hydroxyl groups is 1. The predicted octanol–water partition coefficient (Wildman–Crippen LogP) is 1.97. The Balaban J connectivity index is 1.66. The SMILES string of the molecule is CCC1(CO)CCN(CC(=O)NCCc2ccc(F)cc2)CC1. The van der Waals surface area contributed by atoms with E-state index in [2.05, 4.69) is 17.1 Å². The summed E-state index contributed by atoms with van der Waals surface area (Å²) in [6, 6.07) is 6.36. The topological polar surface area (TPSA) is 52.6 Å². The van der Waals surface area contributed by atoms with Crippen molar-refractivity contribution in [3.63, 3.8) is 0 Å². The van der Waals surface area contributed by atoms with E-state index in [1.165, 1.54) is 12.1 Å². The molecule has 0 aromatic heterocycles. The van der Waals surface area contributed by atoms with E-state index in [0.717, 1.165) is 37.9 Å². The zero-order valence-corrected chi connectivity index (χ0v) is 13.9. The largest absolute Gasteiger partial charge is 0.396 e. The zero-order valence-electron chi connectivity index (χ0n) is 13.9. The molecule has 0 unspecified atom stereocenters. The number of nitrogens with one attached hydrogen (secondary N) is 1. The predicted molar refractivity (Wildman–Crippen MR) is 88.6 cm³/mol. The first-order valence-corrected chi connectivity index (χ1v) is 8.41. The molecule has 5 heteroatoms. The average molecular weight is 322 g/mol. The molecule has 1 aliphatic rings. The second kappa shape index (κ2) is 8.41. The van der Waals surface area contributed by atoms with Crippen LogP contribution in [0.2, 0.25) is 0 Å². The van der Waals surface area contributed by atoms with E-state index < -0.39 is 0 Å². The molecule has 1 saturated heterocycles. The monoisotopic (exact) mass is 322 g/mol. The quantitative estimate of drug-likeness (QED) is 0.807. The molecular weight excluding hydrogens is 295 g/mol. The molecule has 1 aliphatic heterocycles. The molecule has 23 heavy (non-hydrogen) atoms. The highest BCUT2D eigenvalue weighted by atomic mass is 19.1. The Morgan fingerprint density at radius 2 is 1.96 bits per heavy atom. The van der Waals surface area contributed by atoms with E-state index in [1.807, 2.05) is 0 Å². The van der Waals surface area contributed by atoms with Gasteiger partial charge in [0.2, 0.25) is 5.91 Å². The van der Waals surface area contributed by atoms with Gasteiger partial charge in [-0.3, -0.25) is 9.69 Å². The first-order chi connectivity index (χ1) is 11.1. The Labute approximate surface area is 137 Å². The number of rotatable bonds is 7. The molecule has 1 amide bonds. The van der Waals surface area contributed by atoms with Crippen LogP contribution in [-0.4, -0.2) is 48.7 Å². The molecule has 0 bridgehead atoms. The molecular formula is C18H27FN2O2. The van der Waals surface area contributed by atoms with Crippen LogP contribution in [0.15, 0.2) is 24.3 Å². The van der Waals surface area contributed by atoms with Gasteiger partial charge in [0.1, 0.15) is 5.82 Å². The second-order valence-corrected chi connectivity index (χ2v) is 6.51. The minimum Gasteiger partial charge on any atom is -0.396 e. The fraction of sp³-hybridized carbons (Fsp3) is 0.611. The third kappa shape index (κ3) is 5.29. The lowest BCUT2D eigenvalue weighted by molar-refractivity contribution is -0.122. The van der Waals surface area contributed by atoms with Crippen molar-refractivity contribution < 1.29 is 14.3 Å². The van der Waals surface area contributed by atoms with Gasteiger partial charge in [-0.15, -0.1) is 0 Å². The van der Waals surface area contributed by atoms with E-state index in [-0.39, 0.29) is 23.7 Å². The molecule has 2 N–H and O–H groups in total. The zero-order chi connectivity index (χ0) is 16.7. The van der Waals surface area contributed by atoms with Gasteiger partial charge < -0.3 is 10.4 Å². The number of nitrogens with zero attached hydrogens (tertiary/aromatic N) is 1. The van der Waals surface area contributed by atoms with E-state index in [0.29, 0.717) is 19.5 Å². The number of carbonyl (C=O) groups excluding carboxylic acids is 1. The van der Waals surface area contributed by atoms with Gasteiger partial charge in [0.25, 0.3) is 0 Å². The summed E-state index contributed by atoms with van der Waals surface area (Å²) in [6.07, 6.45) is 3.59. The lowest BCUT2D eigenvalue weighted by Gasteiger charge is -2.39. The van der Waals surface area contributed by atoms with Crippen LogP contribution in [0.4, 0.5) is 4.39 Å². The fourth-order valence-corrected chi connectivity index (χ4v) is 3.07. The highest BCUT2D eigenvalue weighted by Gasteiger charge is 2.32. The summed E-state index contributed by atoms with van der Waals surface area (Å²) in [5.74, 6) is -0.214. The van der Waals surface area contributed by atoms with Crippen molar-refractivity contribution in [2.75, 3.05) is 32.8 Å². The number of hydrogen-bond acceptors (Lipinski definition) is 3. The Hall–Kier alpha value is -1.46. The van der Waals surface area contributed by atoms with Gasteiger partial charge in [0.15, 0.2) is 0 Å². The minimum absolute atomic E-state index is 0.0279. The van der Waals surface area contributed by atoms with E-state index in [1.54, 1.807) is 12.1 Å². The van der Waals surface area contributed by atoms with Gasteiger partial charge in [0, 0.05) is 13.2 Å². The maximum atomic E-state index is 12.8. The van der Waals surface area contributed by atoms with Gasteiger partial charge in [-0.05, 0) is 61.9 Å². The van der Waals surface area contributed by atoms with Crippen molar-refractivity contribution >= 4 is 5.91 Å². The Kier molecular flexibility index (Phi) is 6.54. The maximum Gasteiger partial charge on any atom is 0.234 e. The Morgan fingerprint density at radius 3 is 2.52 bits per heavy atom. The first kappa shape index (κ1) is 17.9.